The molecule has 1 saturated heterocycles. The Kier molecular flexibility index (Phi) is 11.1. The van der Waals surface area contributed by atoms with E-state index in [1.54, 1.807) is 69.2 Å². The minimum atomic E-state index is -2.00. The van der Waals surface area contributed by atoms with Crippen LogP contribution in [0.1, 0.15) is 74.3 Å². The Morgan fingerprint density at radius 3 is 2.16 bits per heavy atom. The van der Waals surface area contributed by atoms with Gasteiger partial charge >= 0.3 is 24.4 Å². The number of rotatable bonds is 5. The van der Waals surface area contributed by atoms with Crippen LogP contribution >= 0.6 is 0 Å². The van der Waals surface area contributed by atoms with Crippen LogP contribution in [0.25, 0.3) is 21.9 Å². The van der Waals surface area contributed by atoms with E-state index in [0.717, 1.165) is 0 Å². The summed E-state index contributed by atoms with van der Waals surface area (Å²) in [5.74, 6) is -0.722. The van der Waals surface area contributed by atoms with E-state index in [1.807, 2.05) is 0 Å². The number of nitrogens with zero attached hydrogens (tertiary/aromatic N) is 4. The van der Waals surface area contributed by atoms with Crippen molar-refractivity contribution in [2.24, 2.45) is 0 Å². The molecule has 0 spiro atoms. The lowest BCUT2D eigenvalue weighted by molar-refractivity contribution is 0.0207. The monoisotopic (exact) mass is 770 g/mol. The van der Waals surface area contributed by atoms with Gasteiger partial charge in [0.05, 0.1) is 18.8 Å². The molecular formula is C38H48F2N6O9. The number of pyridine rings is 2. The number of anilines is 3. The minimum Gasteiger partial charge on any atom is -0.474 e. The summed E-state index contributed by atoms with van der Waals surface area (Å²) in [6.07, 6.45) is -0.676. The Hall–Kier alpha value is -5.48. The topological polar surface area (TPSA) is 171 Å². The Bertz CT molecular complexity index is 2010. The standard InChI is InChI=1S/C38H48F2N6O9/c1-21-24(17-42-30-29(21)46(13-14-51-30)34(50)55-37(8,9)10)23-15-22-16-26(41-18-25(22)28(27(23)39)44-32(48)53-35(2,3)4)43-31(47)52-20-38(40)11-12-45(19-38)33(49)54-36(5,6)7/h15-18H,11-14,19-20H2,1-10H3,(H,44,48)(H,41,43,47). The summed E-state index contributed by atoms with van der Waals surface area (Å²) < 4.78 is 59.5. The maximum absolute atomic E-state index is 16.7. The second-order valence-corrected chi connectivity index (χ2v) is 16.5. The van der Waals surface area contributed by atoms with Gasteiger partial charge < -0.3 is 28.6 Å². The molecule has 0 bridgehead atoms. The van der Waals surface area contributed by atoms with E-state index >= 15 is 8.78 Å². The normalized spacial score (nSPS) is 17.2. The first kappa shape index (κ1) is 40.7. The molecule has 4 heterocycles. The van der Waals surface area contributed by atoms with Gasteiger partial charge in [-0.05, 0) is 92.3 Å². The van der Waals surface area contributed by atoms with Crippen LogP contribution < -0.4 is 20.3 Å². The first-order valence-corrected chi connectivity index (χ1v) is 17.8. The van der Waals surface area contributed by atoms with Crippen molar-refractivity contribution < 1.29 is 51.6 Å². The fourth-order valence-corrected chi connectivity index (χ4v) is 5.94. The summed E-state index contributed by atoms with van der Waals surface area (Å²) in [6.45, 7) is 16.4. The summed E-state index contributed by atoms with van der Waals surface area (Å²) in [6, 6.07) is 2.89. The lowest BCUT2D eigenvalue weighted by atomic mass is 9.96. The summed E-state index contributed by atoms with van der Waals surface area (Å²) >= 11 is 0. The molecule has 0 aliphatic carbocycles. The number of carbonyl (C=O) groups excluding carboxylic acids is 4. The predicted molar refractivity (Wildman–Crippen MR) is 200 cm³/mol. The van der Waals surface area contributed by atoms with Crippen molar-refractivity contribution in [1.82, 2.24) is 14.9 Å². The number of aromatic nitrogens is 2. The molecule has 17 heteroatoms. The van der Waals surface area contributed by atoms with Gasteiger partial charge in [-0.2, -0.15) is 0 Å². The molecule has 0 saturated carbocycles. The smallest absolute Gasteiger partial charge is 0.415 e. The van der Waals surface area contributed by atoms with E-state index in [-0.39, 0.29) is 66.6 Å². The number of halogens is 2. The van der Waals surface area contributed by atoms with Crippen molar-refractivity contribution >= 4 is 52.3 Å². The highest BCUT2D eigenvalue weighted by atomic mass is 19.1. The van der Waals surface area contributed by atoms with E-state index in [0.29, 0.717) is 16.6 Å². The number of likely N-dealkylation sites (tertiary alicyclic amines) is 1. The van der Waals surface area contributed by atoms with Crippen LogP contribution in [0.15, 0.2) is 24.5 Å². The number of fused-ring (bicyclic) bond motifs is 2. The van der Waals surface area contributed by atoms with Crippen molar-refractivity contribution in [3.05, 3.63) is 35.9 Å². The zero-order chi connectivity index (χ0) is 40.7. The Balaban J connectivity index is 1.46. The van der Waals surface area contributed by atoms with Gasteiger partial charge in [0, 0.05) is 41.9 Å². The third-order valence-corrected chi connectivity index (χ3v) is 8.24. The van der Waals surface area contributed by atoms with E-state index in [1.165, 1.54) is 34.3 Å². The van der Waals surface area contributed by atoms with Gasteiger partial charge in [-0.25, -0.2) is 37.9 Å². The maximum atomic E-state index is 16.7. The predicted octanol–water partition coefficient (Wildman–Crippen LogP) is 8.12. The Morgan fingerprint density at radius 1 is 0.855 bits per heavy atom. The van der Waals surface area contributed by atoms with Gasteiger partial charge in [0.1, 0.15) is 41.5 Å². The fraction of sp³-hybridized carbons (Fsp3) is 0.526. The lowest BCUT2D eigenvalue weighted by Crippen LogP contribution is -2.42. The molecule has 1 atom stereocenters. The van der Waals surface area contributed by atoms with Crippen molar-refractivity contribution in [2.75, 3.05) is 48.4 Å². The minimum absolute atomic E-state index is 0.0176. The van der Waals surface area contributed by atoms with Crippen LogP contribution in [-0.4, -0.2) is 94.6 Å². The average Bonchev–Trinajstić information content (AvgIpc) is 3.45. The SMILES string of the molecule is Cc1c(-c2cc3cc(NC(=O)OCC4(F)CCN(C(=O)OC(C)(C)C)C4)ncc3c(NC(=O)OC(C)(C)C)c2F)cnc2c1N(C(=O)OC(C)(C)C)CCO2. The maximum Gasteiger partial charge on any atom is 0.415 e. The Morgan fingerprint density at radius 2 is 1.51 bits per heavy atom. The zero-order valence-corrected chi connectivity index (χ0v) is 32.8. The van der Waals surface area contributed by atoms with Crippen LogP contribution in [0.3, 0.4) is 0 Å². The first-order valence-electron chi connectivity index (χ1n) is 17.8. The molecule has 3 aromatic rings. The highest BCUT2D eigenvalue weighted by Crippen LogP contribution is 2.43. The van der Waals surface area contributed by atoms with Crippen molar-refractivity contribution in [1.29, 1.82) is 0 Å². The first-order chi connectivity index (χ1) is 25.4. The molecule has 1 fully saturated rings. The molecular weight excluding hydrogens is 722 g/mol. The van der Waals surface area contributed by atoms with Crippen LogP contribution in [0.2, 0.25) is 0 Å². The summed E-state index contributed by atoms with van der Waals surface area (Å²) in [4.78, 5) is 62.7. The van der Waals surface area contributed by atoms with Gasteiger partial charge in [0.15, 0.2) is 11.5 Å². The van der Waals surface area contributed by atoms with Crippen molar-refractivity contribution in [2.45, 2.75) is 98.1 Å². The average molecular weight is 771 g/mol. The van der Waals surface area contributed by atoms with Crippen molar-refractivity contribution in [3.63, 3.8) is 0 Å². The number of benzene rings is 1. The van der Waals surface area contributed by atoms with Gasteiger partial charge in [-0.3, -0.25) is 15.5 Å². The molecule has 1 aromatic carbocycles. The van der Waals surface area contributed by atoms with Gasteiger partial charge in [-0.15, -0.1) is 0 Å². The third kappa shape index (κ3) is 9.99. The number of amides is 4. The van der Waals surface area contributed by atoms with Gasteiger partial charge in [0.25, 0.3) is 0 Å². The summed E-state index contributed by atoms with van der Waals surface area (Å²) in [5.41, 5.74) is -3.74. The highest BCUT2D eigenvalue weighted by Gasteiger charge is 2.43. The summed E-state index contributed by atoms with van der Waals surface area (Å²) in [7, 11) is 0. The number of hydrogen-bond acceptors (Lipinski definition) is 11. The summed E-state index contributed by atoms with van der Waals surface area (Å²) in [5, 5.41) is 5.43. The number of ether oxygens (including phenoxy) is 5. The number of hydrogen-bond donors (Lipinski definition) is 2. The molecule has 2 aromatic heterocycles. The van der Waals surface area contributed by atoms with Crippen LogP contribution in [-0.2, 0) is 18.9 Å². The lowest BCUT2D eigenvalue weighted by Gasteiger charge is -2.32. The molecule has 298 valence electrons. The second-order valence-electron chi connectivity index (χ2n) is 16.5. The molecule has 15 nitrogen and oxygen atoms in total. The van der Waals surface area contributed by atoms with E-state index in [9.17, 15) is 19.2 Å². The van der Waals surface area contributed by atoms with Gasteiger partial charge in [-0.1, -0.05) is 0 Å². The number of alkyl halides is 1. The van der Waals surface area contributed by atoms with Crippen LogP contribution in [0, 0.1) is 12.7 Å². The van der Waals surface area contributed by atoms with Crippen LogP contribution in [0.4, 0.5) is 45.2 Å². The molecule has 2 aliphatic rings. The van der Waals surface area contributed by atoms with Crippen LogP contribution in [0.5, 0.6) is 5.88 Å². The second kappa shape index (κ2) is 15.0. The zero-order valence-electron chi connectivity index (χ0n) is 32.8. The third-order valence-electron chi connectivity index (χ3n) is 8.24. The quantitative estimate of drug-likeness (QED) is 0.240. The molecule has 55 heavy (non-hydrogen) atoms. The molecule has 1 unspecified atom stereocenters. The largest absolute Gasteiger partial charge is 0.474 e. The molecule has 4 amide bonds. The molecule has 0 radical (unpaired) electrons. The van der Waals surface area contributed by atoms with E-state index in [4.69, 9.17) is 23.7 Å². The fourth-order valence-electron chi connectivity index (χ4n) is 5.94. The van der Waals surface area contributed by atoms with E-state index < -0.39 is 59.3 Å². The van der Waals surface area contributed by atoms with E-state index in [2.05, 4.69) is 20.6 Å². The molecule has 2 N–H and O–H groups in total. The van der Waals surface area contributed by atoms with Gasteiger partial charge in [0.2, 0.25) is 5.88 Å². The number of nitrogens with one attached hydrogen (secondary N) is 2. The Labute approximate surface area is 318 Å². The molecule has 2 aliphatic heterocycles. The highest BCUT2D eigenvalue weighted by molar-refractivity contribution is 6.05. The number of carbonyl (C=O) groups is 4. The van der Waals surface area contributed by atoms with Crippen molar-refractivity contribution in [3.8, 4) is 17.0 Å². The molecule has 5 rings (SSSR count).